The summed E-state index contributed by atoms with van der Waals surface area (Å²) in [7, 11) is 0. The van der Waals surface area contributed by atoms with E-state index in [0.717, 1.165) is 0 Å². The molecule has 0 fully saturated rings. The minimum Gasteiger partial charge on any atom is -2.00 e. The monoisotopic (exact) mass is 383 g/mol. The van der Waals surface area contributed by atoms with Gasteiger partial charge in [-0.1, -0.05) is 0 Å². The molecule has 0 rings (SSSR count). The van der Waals surface area contributed by atoms with Crippen molar-refractivity contribution < 1.29 is 39.4 Å². The van der Waals surface area contributed by atoms with Gasteiger partial charge in [0.1, 0.15) is 0 Å². The fourth-order valence-corrected chi connectivity index (χ4v) is 0. The second-order valence-electron chi connectivity index (χ2n) is 0. The maximum Gasteiger partial charge on any atom is 3.00 e. The Bertz CT molecular complexity index is 7.51. The third-order valence-electron chi connectivity index (χ3n) is 0. The van der Waals surface area contributed by atoms with Gasteiger partial charge in [0.25, 0.3) is 0 Å². The van der Waals surface area contributed by atoms with E-state index in [4.69, 9.17) is 0 Å². The van der Waals surface area contributed by atoms with Gasteiger partial charge in [-0.15, -0.1) is 0 Å². The number of rotatable bonds is 0. The Hall–Kier alpha value is 2.66. The second-order valence-corrected chi connectivity index (χ2v) is 0. The third kappa shape index (κ3) is 30.2. The molecule has 0 atom stereocenters. The summed E-state index contributed by atoms with van der Waals surface area (Å²) in [5, 5.41) is 0. The maximum atomic E-state index is 0. The Morgan fingerprint density at radius 2 is 0.667 bits per heavy atom. The van der Waals surface area contributed by atoms with Gasteiger partial charge in [0.05, 0.1) is 0 Å². The van der Waals surface area contributed by atoms with E-state index < -0.39 is 0 Å². The van der Waals surface area contributed by atoms with Crippen molar-refractivity contribution in [3.63, 3.8) is 0 Å². The number of hydrogen-bond acceptors (Lipinski definition) is 0. The van der Waals surface area contributed by atoms with Gasteiger partial charge in [-0.3, -0.25) is 0 Å². The molecule has 0 aliphatic carbocycles. The van der Waals surface area contributed by atoms with Crippen LogP contribution in [0.1, 0.15) is 0 Å². The van der Waals surface area contributed by atoms with E-state index in [-0.39, 0.29) is 93.4 Å². The third-order valence-corrected chi connectivity index (χ3v) is 0. The molecule has 6 heavy (non-hydrogen) atoms. The minimum atomic E-state index is 0. The van der Waals surface area contributed by atoms with Gasteiger partial charge in [-0.2, -0.15) is 13.5 Å². The van der Waals surface area contributed by atoms with Crippen LogP contribution in [0, 0.1) is 0 Å². The molecule has 0 aromatic rings. The molecule has 0 saturated heterocycles. The quantitative estimate of drug-likeness (QED) is 0.521. The zero-order valence-corrected chi connectivity index (χ0v) is 9.10. The van der Waals surface area contributed by atoms with Gasteiger partial charge >= 0.3 is 39.4 Å². The van der Waals surface area contributed by atoms with Gasteiger partial charge in [-0.05, 0) is 0 Å². The van der Waals surface area contributed by atoms with Gasteiger partial charge in [-0.25, -0.2) is 0 Å². The predicted octanol–water partition coefficient (Wildman–Crippen LogP) is 0.101. The molecular formula is H2AuFeS4. The first-order valence-corrected chi connectivity index (χ1v) is 0. The standard InChI is InChI=1S/Au.Fe.H2S.3S/h;;1H2;;;/q2*+3;;3*-2. The van der Waals surface area contributed by atoms with E-state index in [0.29, 0.717) is 0 Å². The van der Waals surface area contributed by atoms with Crippen molar-refractivity contribution in [3.8, 4) is 0 Å². The van der Waals surface area contributed by atoms with Crippen molar-refractivity contribution in [1.29, 1.82) is 0 Å². The Morgan fingerprint density at radius 1 is 0.667 bits per heavy atom. The summed E-state index contributed by atoms with van der Waals surface area (Å²) < 4.78 is 0. The van der Waals surface area contributed by atoms with Crippen LogP contribution >= 0.6 is 13.5 Å². The van der Waals surface area contributed by atoms with Crippen LogP contribution in [0.25, 0.3) is 0 Å². The first-order valence-electron chi connectivity index (χ1n) is 0. The maximum absolute atomic E-state index is 0. The molecule has 0 heterocycles. The summed E-state index contributed by atoms with van der Waals surface area (Å²) in [5.74, 6) is 0. The van der Waals surface area contributed by atoms with Crippen molar-refractivity contribution in [2.75, 3.05) is 0 Å². The molecule has 0 aromatic heterocycles. The van der Waals surface area contributed by atoms with Crippen LogP contribution < -0.4 is 0 Å². The average molecular weight is 383 g/mol. The SMILES string of the molecule is S.[Au+3].[Fe+3].[S-2].[S-2].[S-2]. The van der Waals surface area contributed by atoms with Gasteiger partial charge < -0.3 is 40.5 Å². The van der Waals surface area contributed by atoms with E-state index in [1.54, 1.807) is 0 Å². The second kappa shape index (κ2) is 48.0. The van der Waals surface area contributed by atoms with E-state index in [2.05, 4.69) is 0 Å². The fraction of sp³-hybridized carbons (Fsp3) is 0. The normalized spacial score (nSPS) is 0. The van der Waals surface area contributed by atoms with E-state index in [1.807, 2.05) is 0 Å². The molecule has 0 amide bonds. The largest absolute Gasteiger partial charge is 3.00 e. The summed E-state index contributed by atoms with van der Waals surface area (Å²) in [4.78, 5) is 0. The number of hydrogen-bond donors (Lipinski definition) is 0. The van der Waals surface area contributed by atoms with Crippen molar-refractivity contribution in [2.45, 2.75) is 0 Å². The fourth-order valence-electron chi connectivity index (χ4n) is 0. The summed E-state index contributed by atoms with van der Waals surface area (Å²) in [6.45, 7) is 0. The van der Waals surface area contributed by atoms with Crippen LogP contribution in [-0.4, -0.2) is 0 Å². The molecule has 6 heteroatoms. The first-order chi connectivity index (χ1) is 0. The Morgan fingerprint density at radius 3 is 0.667 bits per heavy atom. The van der Waals surface area contributed by atoms with Crippen LogP contribution in [0.2, 0.25) is 0 Å². The molecule has 0 aliphatic rings. The van der Waals surface area contributed by atoms with Crippen molar-refractivity contribution >= 4 is 54.0 Å². The first kappa shape index (κ1) is 71.8. The van der Waals surface area contributed by atoms with Gasteiger partial charge in [0.15, 0.2) is 0 Å². The smallest absolute Gasteiger partial charge is 2.00 e. The Balaban J connectivity index is 0. The molecule has 0 saturated carbocycles. The van der Waals surface area contributed by atoms with Gasteiger partial charge in [0, 0.05) is 0 Å². The summed E-state index contributed by atoms with van der Waals surface area (Å²) in [6, 6.07) is 0. The molecule has 0 nitrogen and oxygen atoms in total. The molecule has 0 aromatic carbocycles. The summed E-state index contributed by atoms with van der Waals surface area (Å²) in [5.41, 5.74) is 0. The van der Waals surface area contributed by atoms with Crippen LogP contribution in [0.4, 0.5) is 0 Å². The van der Waals surface area contributed by atoms with Crippen LogP contribution in [-0.2, 0) is 79.9 Å². The molecule has 0 aliphatic heterocycles. The summed E-state index contributed by atoms with van der Waals surface area (Å²) in [6.07, 6.45) is 0. The van der Waals surface area contributed by atoms with Crippen LogP contribution in [0.15, 0.2) is 0 Å². The Labute approximate surface area is 92.4 Å². The van der Waals surface area contributed by atoms with Crippen LogP contribution in [0.3, 0.4) is 0 Å². The van der Waals surface area contributed by atoms with Gasteiger partial charge in [0.2, 0.25) is 0 Å². The molecular weight excluding hydrogens is 381 g/mol. The van der Waals surface area contributed by atoms with Crippen molar-refractivity contribution in [3.05, 3.63) is 0 Å². The van der Waals surface area contributed by atoms with Crippen LogP contribution in [0.5, 0.6) is 0 Å². The zero-order chi connectivity index (χ0) is 0. The molecule has 0 bridgehead atoms. The zero-order valence-electron chi connectivity index (χ0n) is 2.38. The molecule has 1 radical (unpaired) electrons. The molecule has 0 N–H and O–H groups in total. The molecule has 0 unspecified atom stereocenters. The van der Waals surface area contributed by atoms with Crippen molar-refractivity contribution in [1.82, 2.24) is 0 Å². The van der Waals surface area contributed by atoms with Crippen molar-refractivity contribution in [2.24, 2.45) is 0 Å². The summed E-state index contributed by atoms with van der Waals surface area (Å²) >= 11 is 0. The molecule has 45 valence electrons. The molecule has 0 spiro atoms. The topological polar surface area (TPSA) is 0 Å². The average Bonchev–Trinajstić information content (AvgIpc) is 0. The minimum absolute atomic E-state index is 0. The van der Waals surface area contributed by atoms with E-state index in [1.165, 1.54) is 0 Å². The van der Waals surface area contributed by atoms with E-state index in [9.17, 15) is 0 Å². The predicted molar refractivity (Wildman–Crippen MR) is 32.5 cm³/mol. The Kier molecular flexibility index (Phi) is 575. The van der Waals surface area contributed by atoms with E-state index >= 15 is 0 Å².